The number of amides is 4. The van der Waals surface area contributed by atoms with Gasteiger partial charge in [-0.2, -0.15) is 10.2 Å². The third-order valence-electron chi connectivity index (χ3n) is 13.8. The zero-order chi connectivity index (χ0) is 55.5. The van der Waals surface area contributed by atoms with Crippen molar-refractivity contribution in [2.75, 3.05) is 41.5 Å². The van der Waals surface area contributed by atoms with Gasteiger partial charge in [0.05, 0.1) is 57.0 Å². The van der Waals surface area contributed by atoms with E-state index in [1.54, 1.807) is 40.6 Å². The van der Waals surface area contributed by atoms with Crippen LogP contribution >= 0.6 is 0 Å². The molecule has 2 aromatic carbocycles. The van der Waals surface area contributed by atoms with Gasteiger partial charge in [-0.25, -0.2) is 0 Å². The Labute approximate surface area is 446 Å². The van der Waals surface area contributed by atoms with Crippen LogP contribution in [-0.4, -0.2) is 119 Å². The third-order valence-corrected chi connectivity index (χ3v) is 13.8. The normalized spacial score (nSPS) is 16.4. The average Bonchev–Trinajstić information content (AvgIpc) is 4.04. The summed E-state index contributed by atoms with van der Waals surface area (Å²) >= 11 is 0. The summed E-state index contributed by atoms with van der Waals surface area (Å²) in [5, 5.41) is 37.8. The van der Waals surface area contributed by atoms with Crippen molar-refractivity contribution < 1.29 is 57.9 Å². The smallest absolute Gasteiger partial charge is 0.322 e. The van der Waals surface area contributed by atoms with Gasteiger partial charge in [0, 0.05) is 31.5 Å². The Hall–Kier alpha value is -7.12. The Kier molecular flexibility index (Phi) is 23.0. The molecule has 20 heteroatoms. The molecule has 0 saturated heterocycles. The van der Waals surface area contributed by atoms with Crippen LogP contribution in [0.3, 0.4) is 0 Å². The summed E-state index contributed by atoms with van der Waals surface area (Å²) < 4.78 is 26.4. The zero-order valence-electron chi connectivity index (χ0n) is 45.7. The minimum Gasteiger partial charge on any atom is -0.496 e. The first-order valence-corrected chi connectivity index (χ1v) is 26.5. The van der Waals surface area contributed by atoms with E-state index in [0.717, 1.165) is 61.0 Å². The van der Waals surface area contributed by atoms with Crippen LogP contribution in [-0.2, 0) is 25.7 Å². The molecule has 0 unspecified atom stereocenters. The average molecular weight is 1060 g/mol. The summed E-state index contributed by atoms with van der Waals surface area (Å²) in [5.41, 5.74) is 3.41. The molecule has 0 bridgehead atoms. The van der Waals surface area contributed by atoms with Crippen LogP contribution in [0.25, 0.3) is 22.5 Å². The number of carboxylic acid groups (broad SMARTS) is 2. The topological polar surface area (TPSA) is 264 Å². The molecule has 2 heterocycles. The summed E-state index contributed by atoms with van der Waals surface area (Å²) in [4.78, 5) is 73.1. The number of nitrogens with one attached hydrogen (secondary N) is 4. The highest BCUT2D eigenvalue weighted by molar-refractivity contribution is 5.95. The van der Waals surface area contributed by atoms with Crippen LogP contribution < -0.4 is 40.2 Å². The van der Waals surface area contributed by atoms with Crippen LogP contribution in [0.2, 0.25) is 0 Å². The van der Waals surface area contributed by atoms with Gasteiger partial charge in [-0.05, 0) is 111 Å². The number of nitrogens with zero attached hydrogens (tertiary/aromatic N) is 4. The quantitative estimate of drug-likeness (QED) is 0.0368. The number of ether oxygens (including phenoxy) is 4. The van der Waals surface area contributed by atoms with Gasteiger partial charge >= 0.3 is 11.9 Å². The monoisotopic (exact) mass is 1060 g/mol. The first-order chi connectivity index (χ1) is 36.3. The minimum atomic E-state index is -1.12. The number of rotatable bonds is 25. The Morgan fingerprint density at radius 3 is 1.45 bits per heavy atom. The molecule has 6 rings (SSSR count). The lowest BCUT2D eigenvalue weighted by molar-refractivity contribution is -0.138. The maximum Gasteiger partial charge on any atom is 0.322 e. The SMILES string of the molecule is COc1cccc(OC)c1-c1cc(C(=O)N[C@H](CC(=O)NCC(=O)O)CC(C)C)nn1C1CCC(C)CC1.COc1cccc(OC)c1-c1cc(C(=O)N[C@H](CC(=O)NCC(=O)O)CC(C)C)nn1CC1CCCCC1. The van der Waals surface area contributed by atoms with Gasteiger partial charge in [0.1, 0.15) is 36.1 Å². The molecular weight excluding hydrogens is 977 g/mol. The maximum atomic E-state index is 13.4. The van der Waals surface area contributed by atoms with E-state index < -0.39 is 48.9 Å². The molecule has 0 spiro atoms. The van der Waals surface area contributed by atoms with Crippen LogP contribution in [0.1, 0.15) is 145 Å². The van der Waals surface area contributed by atoms with Gasteiger partial charge in [-0.15, -0.1) is 0 Å². The standard InChI is InChI=1S/2C28H40N4O6/c1-17(2)13-19(14-25(33)29-16-26(34)35)30-28(36)21-15-22(27-23(37-4)7-6-8-24(27)38-5)32(31-21)20-11-9-18(3)10-12-20;1-18(2)13-20(14-25(33)29-16-26(34)35)30-28(36)21-15-22(27-23(37-3)11-8-12-24(27)38-4)32(31-21)17-19-9-6-5-7-10-19/h6-8,15,17-20H,9-14,16H2,1-5H3,(H,29,33)(H,30,36)(H,34,35);8,11-12,15,18-20H,5-7,9-10,13-14,16-17H2,1-4H3,(H,29,33)(H,30,36)(H,34,35)/t18?,19-,20?;20-/m00/s1. The molecule has 2 saturated carbocycles. The number of benzene rings is 2. The van der Waals surface area contributed by atoms with Crippen LogP contribution in [0, 0.1) is 23.7 Å². The highest BCUT2D eigenvalue weighted by Crippen LogP contribution is 2.43. The lowest BCUT2D eigenvalue weighted by Gasteiger charge is -2.28. The molecule has 6 N–H and O–H groups in total. The highest BCUT2D eigenvalue weighted by Gasteiger charge is 2.30. The molecule has 416 valence electrons. The van der Waals surface area contributed by atoms with E-state index >= 15 is 0 Å². The molecule has 4 aromatic rings. The Morgan fingerprint density at radius 2 is 1.03 bits per heavy atom. The van der Waals surface area contributed by atoms with Crippen molar-refractivity contribution in [2.45, 2.75) is 143 Å². The number of carbonyl (C=O) groups is 6. The van der Waals surface area contributed by atoms with Gasteiger partial charge in [0.25, 0.3) is 11.8 Å². The van der Waals surface area contributed by atoms with E-state index in [1.165, 1.54) is 19.3 Å². The largest absolute Gasteiger partial charge is 0.496 e. The van der Waals surface area contributed by atoms with Gasteiger partial charge < -0.3 is 50.4 Å². The van der Waals surface area contributed by atoms with E-state index in [0.29, 0.717) is 54.2 Å². The number of carboxylic acids is 2. The Balaban J connectivity index is 0.000000281. The fourth-order valence-electron chi connectivity index (χ4n) is 10.1. The number of methoxy groups -OCH3 is 4. The van der Waals surface area contributed by atoms with E-state index in [2.05, 4.69) is 28.2 Å². The van der Waals surface area contributed by atoms with Crippen molar-refractivity contribution in [3.05, 3.63) is 59.9 Å². The van der Waals surface area contributed by atoms with Crippen LogP contribution in [0.4, 0.5) is 0 Å². The van der Waals surface area contributed by atoms with Crippen molar-refractivity contribution in [3.63, 3.8) is 0 Å². The molecule has 4 amide bonds. The van der Waals surface area contributed by atoms with Crippen molar-refractivity contribution in [3.8, 4) is 45.5 Å². The lowest BCUT2D eigenvalue weighted by Crippen LogP contribution is -2.41. The summed E-state index contributed by atoms with van der Waals surface area (Å²) in [6.45, 7) is 10.0. The molecule has 2 fully saturated rings. The third kappa shape index (κ3) is 17.5. The van der Waals surface area contributed by atoms with E-state index in [4.69, 9.17) is 39.4 Å². The minimum absolute atomic E-state index is 0.0207. The lowest BCUT2D eigenvalue weighted by atomic mass is 9.87. The molecule has 2 aromatic heterocycles. The second kappa shape index (κ2) is 29.3. The van der Waals surface area contributed by atoms with Crippen molar-refractivity contribution in [1.82, 2.24) is 40.8 Å². The fourth-order valence-corrected chi connectivity index (χ4v) is 10.1. The Morgan fingerprint density at radius 1 is 0.605 bits per heavy atom. The molecule has 20 nitrogen and oxygen atoms in total. The van der Waals surface area contributed by atoms with E-state index in [-0.39, 0.29) is 53.9 Å². The molecule has 2 aliphatic rings. The summed E-state index contributed by atoms with van der Waals surface area (Å²) in [6.07, 6.45) is 11.0. The number of carbonyl (C=O) groups excluding carboxylic acids is 4. The summed E-state index contributed by atoms with van der Waals surface area (Å²) in [6, 6.07) is 13.8. The van der Waals surface area contributed by atoms with Crippen LogP contribution in [0.15, 0.2) is 48.5 Å². The number of hydrogen-bond acceptors (Lipinski definition) is 12. The summed E-state index contributed by atoms with van der Waals surface area (Å²) in [5.74, 6) is 0.136. The van der Waals surface area contributed by atoms with Crippen LogP contribution in [0.5, 0.6) is 23.0 Å². The van der Waals surface area contributed by atoms with E-state index in [1.807, 2.05) is 73.5 Å². The maximum absolute atomic E-state index is 13.4. The number of aliphatic carboxylic acids is 2. The molecule has 76 heavy (non-hydrogen) atoms. The van der Waals surface area contributed by atoms with Crippen molar-refractivity contribution in [1.29, 1.82) is 0 Å². The van der Waals surface area contributed by atoms with Crippen molar-refractivity contribution in [2.24, 2.45) is 23.7 Å². The molecular formula is C56H80N8O12. The fraction of sp³-hybridized carbons (Fsp3) is 0.571. The first kappa shape index (κ1) is 59.8. The molecule has 2 aliphatic carbocycles. The second-order valence-corrected chi connectivity index (χ2v) is 20.8. The molecule has 0 aliphatic heterocycles. The second-order valence-electron chi connectivity index (χ2n) is 20.8. The predicted octanol–water partition coefficient (Wildman–Crippen LogP) is 7.94. The van der Waals surface area contributed by atoms with Gasteiger partial charge in [-0.1, -0.05) is 66.0 Å². The van der Waals surface area contributed by atoms with Gasteiger partial charge in [-0.3, -0.25) is 38.1 Å². The first-order valence-electron chi connectivity index (χ1n) is 26.5. The number of aromatic nitrogens is 4. The summed E-state index contributed by atoms with van der Waals surface area (Å²) in [7, 11) is 6.39. The Bertz CT molecular complexity index is 2530. The predicted molar refractivity (Wildman–Crippen MR) is 287 cm³/mol. The molecule has 2 atom stereocenters. The highest BCUT2D eigenvalue weighted by atomic mass is 16.5. The number of hydrogen-bond donors (Lipinski definition) is 6. The van der Waals surface area contributed by atoms with Crippen molar-refractivity contribution >= 4 is 35.6 Å². The van der Waals surface area contributed by atoms with Gasteiger partial charge in [0.15, 0.2) is 11.4 Å². The zero-order valence-corrected chi connectivity index (χ0v) is 45.7. The van der Waals surface area contributed by atoms with Gasteiger partial charge in [0.2, 0.25) is 11.8 Å². The molecule has 0 radical (unpaired) electrons. The van der Waals surface area contributed by atoms with E-state index in [9.17, 15) is 28.8 Å².